The summed E-state index contributed by atoms with van der Waals surface area (Å²) in [7, 11) is 0. The summed E-state index contributed by atoms with van der Waals surface area (Å²) in [6, 6.07) is 1.12. The molecule has 88 valence electrons. The first-order valence-corrected chi connectivity index (χ1v) is 4.97. The Morgan fingerprint density at radius 1 is 1.50 bits per heavy atom. The number of phenols is 1. The van der Waals surface area contributed by atoms with Gasteiger partial charge in [-0.05, 0) is 20.3 Å². The molecule has 0 atom stereocenters. The SMILES string of the molecule is CC(C)(N)Cc1c(O)c(F)cc2c1OCO2. The Hall–Kier alpha value is -1.49. The minimum absolute atomic E-state index is 0.0379. The summed E-state index contributed by atoms with van der Waals surface area (Å²) in [4.78, 5) is 0. The maximum atomic E-state index is 13.4. The highest BCUT2D eigenvalue weighted by Gasteiger charge is 2.27. The highest BCUT2D eigenvalue weighted by Crippen LogP contribution is 2.43. The van der Waals surface area contributed by atoms with Crippen molar-refractivity contribution in [3.05, 3.63) is 17.4 Å². The number of ether oxygens (including phenoxy) is 2. The average Bonchev–Trinajstić information content (AvgIpc) is 2.58. The zero-order valence-corrected chi connectivity index (χ0v) is 9.21. The predicted molar refractivity (Wildman–Crippen MR) is 56.2 cm³/mol. The van der Waals surface area contributed by atoms with Crippen molar-refractivity contribution in [1.82, 2.24) is 0 Å². The van der Waals surface area contributed by atoms with Crippen LogP contribution in [-0.4, -0.2) is 17.4 Å². The highest BCUT2D eigenvalue weighted by molar-refractivity contribution is 5.55. The fraction of sp³-hybridized carbons (Fsp3) is 0.455. The van der Waals surface area contributed by atoms with Gasteiger partial charge >= 0.3 is 0 Å². The number of hydrogen-bond donors (Lipinski definition) is 2. The van der Waals surface area contributed by atoms with E-state index in [2.05, 4.69) is 0 Å². The van der Waals surface area contributed by atoms with Gasteiger partial charge < -0.3 is 20.3 Å². The highest BCUT2D eigenvalue weighted by atomic mass is 19.1. The second kappa shape index (κ2) is 3.52. The molecule has 1 aliphatic heterocycles. The van der Waals surface area contributed by atoms with Crippen molar-refractivity contribution in [1.29, 1.82) is 0 Å². The quantitative estimate of drug-likeness (QED) is 0.804. The van der Waals surface area contributed by atoms with Gasteiger partial charge in [0.2, 0.25) is 6.79 Å². The molecule has 1 heterocycles. The van der Waals surface area contributed by atoms with Crippen LogP contribution in [0.3, 0.4) is 0 Å². The third-order valence-corrected chi connectivity index (χ3v) is 2.32. The smallest absolute Gasteiger partial charge is 0.231 e. The number of benzene rings is 1. The summed E-state index contributed by atoms with van der Waals surface area (Å²) in [5.74, 6) is -0.432. The van der Waals surface area contributed by atoms with E-state index in [0.717, 1.165) is 6.07 Å². The largest absolute Gasteiger partial charge is 0.505 e. The van der Waals surface area contributed by atoms with Crippen LogP contribution in [0.5, 0.6) is 17.2 Å². The molecule has 0 saturated heterocycles. The van der Waals surface area contributed by atoms with E-state index in [1.165, 1.54) is 0 Å². The van der Waals surface area contributed by atoms with Gasteiger partial charge in [0.25, 0.3) is 0 Å². The molecule has 0 aromatic heterocycles. The second-order valence-electron chi connectivity index (χ2n) is 4.58. The van der Waals surface area contributed by atoms with Crippen molar-refractivity contribution in [2.45, 2.75) is 25.8 Å². The van der Waals surface area contributed by atoms with E-state index >= 15 is 0 Å². The Labute approximate surface area is 92.8 Å². The summed E-state index contributed by atoms with van der Waals surface area (Å²) >= 11 is 0. The molecule has 4 nitrogen and oxygen atoms in total. The number of halogens is 1. The van der Waals surface area contributed by atoms with Gasteiger partial charge in [-0.1, -0.05) is 0 Å². The molecule has 0 spiro atoms. The number of rotatable bonds is 2. The lowest BCUT2D eigenvalue weighted by molar-refractivity contribution is 0.172. The summed E-state index contributed by atoms with van der Waals surface area (Å²) < 4.78 is 23.7. The number of phenolic OH excluding ortho intramolecular Hbond substituents is 1. The maximum absolute atomic E-state index is 13.4. The van der Waals surface area contributed by atoms with Crippen molar-refractivity contribution in [3.8, 4) is 17.2 Å². The molecular formula is C11H14FNO3. The molecule has 1 aliphatic rings. The van der Waals surface area contributed by atoms with Gasteiger partial charge in [-0.3, -0.25) is 0 Å². The zero-order valence-electron chi connectivity index (χ0n) is 9.21. The maximum Gasteiger partial charge on any atom is 0.231 e. The van der Waals surface area contributed by atoms with Crippen LogP contribution in [0.15, 0.2) is 6.07 Å². The van der Waals surface area contributed by atoms with Gasteiger partial charge in [-0.15, -0.1) is 0 Å². The van der Waals surface area contributed by atoms with Gasteiger partial charge in [0.1, 0.15) is 0 Å². The summed E-state index contributed by atoms with van der Waals surface area (Å²) in [5, 5.41) is 9.66. The Morgan fingerprint density at radius 3 is 2.81 bits per heavy atom. The molecule has 0 unspecified atom stereocenters. The van der Waals surface area contributed by atoms with Gasteiger partial charge in [0.15, 0.2) is 23.1 Å². The Kier molecular flexibility index (Phi) is 2.42. The predicted octanol–water partition coefficient (Wildman–Crippen LogP) is 1.54. The Bertz CT molecular complexity index is 426. The topological polar surface area (TPSA) is 64.7 Å². The summed E-state index contributed by atoms with van der Waals surface area (Å²) in [5.41, 5.74) is 5.65. The van der Waals surface area contributed by atoms with Gasteiger partial charge in [-0.25, -0.2) is 4.39 Å². The molecule has 0 radical (unpaired) electrons. The summed E-state index contributed by atoms with van der Waals surface area (Å²) in [6.45, 7) is 3.62. The molecule has 0 amide bonds. The van der Waals surface area contributed by atoms with Crippen molar-refractivity contribution in [3.63, 3.8) is 0 Å². The Balaban J connectivity index is 2.50. The minimum atomic E-state index is -0.719. The molecule has 1 aromatic rings. The summed E-state index contributed by atoms with van der Waals surface area (Å²) in [6.07, 6.45) is 0.308. The fourth-order valence-corrected chi connectivity index (χ4v) is 1.69. The van der Waals surface area contributed by atoms with E-state index < -0.39 is 17.1 Å². The first kappa shape index (κ1) is 11.0. The monoisotopic (exact) mass is 227 g/mol. The molecule has 5 heteroatoms. The normalized spacial score (nSPS) is 14.2. The molecule has 0 fully saturated rings. The number of fused-ring (bicyclic) bond motifs is 1. The molecule has 2 rings (SSSR count). The van der Waals surface area contributed by atoms with Crippen molar-refractivity contribution in [2.75, 3.05) is 6.79 Å². The van der Waals surface area contributed by atoms with Crippen LogP contribution < -0.4 is 15.2 Å². The van der Waals surface area contributed by atoms with Crippen LogP contribution in [0.25, 0.3) is 0 Å². The van der Waals surface area contributed by atoms with Crippen molar-refractivity contribution >= 4 is 0 Å². The molecule has 0 bridgehead atoms. The molecule has 0 saturated carbocycles. The van der Waals surface area contributed by atoms with Crippen LogP contribution in [0.2, 0.25) is 0 Å². The van der Waals surface area contributed by atoms with E-state index in [9.17, 15) is 9.50 Å². The van der Waals surface area contributed by atoms with Crippen LogP contribution in [0, 0.1) is 5.82 Å². The fourth-order valence-electron chi connectivity index (χ4n) is 1.69. The van der Waals surface area contributed by atoms with Crippen LogP contribution in [0.4, 0.5) is 4.39 Å². The number of hydrogen-bond acceptors (Lipinski definition) is 4. The van der Waals surface area contributed by atoms with E-state index in [4.69, 9.17) is 15.2 Å². The molecule has 3 N–H and O–H groups in total. The Morgan fingerprint density at radius 2 is 2.19 bits per heavy atom. The number of aromatic hydroxyl groups is 1. The zero-order chi connectivity index (χ0) is 11.9. The van der Waals surface area contributed by atoms with Crippen LogP contribution in [0.1, 0.15) is 19.4 Å². The molecule has 1 aromatic carbocycles. The van der Waals surface area contributed by atoms with Crippen molar-refractivity contribution < 1.29 is 19.0 Å². The first-order chi connectivity index (χ1) is 7.38. The lowest BCUT2D eigenvalue weighted by Crippen LogP contribution is -2.34. The third-order valence-electron chi connectivity index (χ3n) is 2.32. The minimum Gasteiger partial charge on any atom is -0.505 e. The van der Waals surface area contributed by atoms with E-state index in [1.54, 1.807) is 13.8 Å². The third kappa shape index (κ3) is 1.90. The molecule has 16 heavy (non-hydrogen) atoms. The van der Waals surface area contributed by atoms with Gasteiger partial charge in [0, 0.05) is 17.2 Å². The van der Waals surface area contributed by atoms with Gasteiger partial charge in [-0.2, -0.15) is 0 Å². The lowest BCUT2D eigenvalue weighted by atomic mass is 9.94. The van der Waals surface area contributed by atoms with Crippen molar-refractivity contribution in [2.24, 2.45) is 5.73 Å². The van der Waals surface area contributed by atoms with E-state index in [1.807, 2.05) is 0 Å². The van der Waals surface area contributed by atoms with Gasteiger partial charge in [0.05, 0.1) is 0 Å². The average molecular weight is 227 g/mol. The molecular weight excluding hydrogens is 213 g/mol. The first-order valence-electron chi connectivity index (χ1n) is 4.97. The molecule has 0 aliphatic carbocycles. The van der Waals surface area contributed by atoms with Crippen LogP contribution >= 0.6 is 0 Å². The standard InChI is InChI=1S/C11H14FNO3/c1-11(2,13)4-6-9(14)7(12)3-8-10(6)16-5-15-8/h3,14H,4-5,13H2,1-2H3. The number of nitrogens with two attached hydrogens (primary N) is 1. The lowest BCUT2D eigenvalue weighted by Gasteiger charge is -2.20. The van der Waals surface area contributed by atoms with E-state index in [-0.39, 0.29) is 6.79 Å². The second-order valence-corrected chi connectivity index (χ2v) is 4.58. The van der Waals surface area contributed by atoms with Crippen LogP contribution in [-0.2, 0) is 6.42 Å². The van der Waals surface area contributed by atoms with E-state index in [0.29, 0.717) is 23.5 Å².